The SMILES string of the molecule is Cc1cccc2nc3c(C(N)=O)ccc(C(N)=O)c3nc12. The third kappa shape index (κ3) is 1.97. The van der Waals surface area contributed by atoms with Crippen LogP contribution >= 0.6 is 0 Å². The van der Waals surface area contributed by atoms with Crippen LogP contribution in [0.2, 0.25) is 0 Å². The number of aromatic nitrogens is 2. The summed E-state index contributed by atoms with van der Waals surface area (Å²) in [6.07, 6.45) is 0. The standard InChI is InChI=1S/C15H12N4O2/c1-7-3-2-4-10-11(7)19-13-9(15(17)21)6-5-8(14(16)20)12(13)18-10/h2-6H,1H3,(H2,16,20)(H2,17,21). The van der Waals surface area contributed by atoms with Crippen LogP contribution < -0.4 is 11.5 Å². The number of hydrogen-bond donors (Lipinski definition) is 2. The smallest absolute Gasteiger partial charge is 0.250 e. The van der Waals surface area contributed by atoms with Crippen molar-refractivity contribution in [2.24, 2.45) is 11.5 Å². The zero-order valence-corrected chi connectivity index (χ0v) is 11.3. The quantitative estimate of drug-likeness (QED) is 0.688. The van der Waals surface area contributed by atoms with Gasteiger partial charge in [-0.3, -0.25) is 9.59 Å². The van der Waals surface area contributed by atoms with Crippen molar-refractivity contribution in [3.05, 3.63) is 47.0 Å². The first kappa shape index (κ1) is 13.0. The van der Waals surface area contributed by atoms with Crippen LogP contribution in [-0.4, -0.2) is 21.8 Å². The summed E-state index contributed by atoms with van der Waals surface area (Å²) in [5.41, 5.74) is 13.9. The molecule has 0 unspecified atom stereocenters. The minimum absolute atomic E-state index is 0.214. The molecular weight excluding hydrogens is 268 g/mol. The molecule has 0 spiro atoms. The average molecular weight is 280 g/mol. The molecule has 104 valence electrons. The second kappa shape index (κ2) is 4.52. The minimum atomic E-state index is -0.627. The molecule has 4 N–H and O–H groups in total. The van der Waals surface area contributed by atoms with E-state index in [1.807, 2.05) is 19.1 Å². The van der Waals surface area contributed by atoms with Crippen LogP contribution in [0, 0.1) is 6.92 Å². The summed E-state index contributed by atoms with van der Waals surface area (Å²) in [4.78, 5) is 32.0. The maximum Gasteiger partial charge on any atom is 0.250 e. The second-order valence-electron chi connectivity index (χ2n) is 4.75. The van der Waals surface area contributed by atoms with Crippen LogP contribution in [0.3, 0.4) is 0 Å². The van der Waals surface area contributed by atoms with Gasteiger partial charge in [0.2, 0.25) is 0 Å². The van der Waals surface area contributed by atoms with E-state index in [-0.39, 0.29) is 16.6 Å². The molecule has 3 aromatic rings. The van der Waals surface area contributed by atoms with E-state index in [1.165, 1.54) is 12.1 Å². The van der Waals surface area contributed by atoms with Gasteiger partial charge in [0.15, 0.2) is 0 Å². The van der Waals surface area contributed by atoms with Gasteiger partial charge >= 0.3 is 0 Å². The fourth-order valence-electron chi connectivity index (χ4n) is 2.32. The number of amides is 2. The molecule has 3 rings (SSSR count). The highest BCUT2D eigenvalue weighted by Gasteiger charge is 2.17. The molecule has 0 atom stereocenters. The number of aryl methyl sites for hydroxylation is 1. The highest BCUT2D eigenvalue weighted by Crippen LogP contribution is 2.24. The van der Waals surface area contributed by atoms with Gasteiger partial charge in [0.1, 0.15) is 11.0 Å². The van der Waals surface area contributed by atoms with E-state index >= 15 is 0 Å². The molecule has 0 aliphatic heterocycles. The van der Waals surface area contributed by atoms with Gasteiger partial charge in [-0.1, -0.05) is 12.1 Å². The lowest BCUT2D eigenvalue weighted by Crippen LogP contribution is -2.16. The van der Waals surface area contributed by atoms with E-state index < -0.39 is 11.8 Å². The number of nitrogens with two attached hydrogens (primary N) is 2. The molecule has 0 aliphatic rings. The first-order chi connectivity index (χ1) is 9.99. The molecule has 0 saturated heterocycles. The number of para-hydroxylation sites is 1. The Morgan fingerprint density at radius 1 is 0.857 bits per heavy atom. The lowest BCUT2D eigenvalue weighted by atomic mass is 10.1. The summed E-state index contributed by atoms with van der Waals surface area (Å²) in [7, 11) is 0. The Morgan fingerprint density at radius 3 is 2.00 bits per heavy atom. The summed E-state index contributed by atoms with van der Waals surface area (Å²) < 4.78 is 0. The number of carbonyl (C=O) groups is 2. The molecular formula is C15H12N4O2. The highest BCUT2D eigenvalue weighted by atomic mass is 16.1. The fourth-order valence-corrected chi connectivity index (χ4v) is 2.32. The Balaban J connectivity index is 2.55. The molecule has 0 bridgehead atoms. The van der Waals surface area contributed by atoms with Gasteiger partial charge in [-0.2, -0.15) is 0 Å². The van der Waals surface area contributed by atoms with Crippen LogP contribution in [0.1, 0.15) is 26.3 Å². The first-order valence-corrected chi connectivity index (χ1v) is 6.28. The van der Waals surface area contributed by atoms with Gasteiger partial charge in [-0.25, -0.2) is 9.97 Å². The minimum Gasteiger partial charge on any atom is -0.366 e. The van der Waals surface area contributed by atoms with E-state index in [4.69, 9.17) is 11.5 Å². The van der Waals surface area contributed by atoms with E-state index in [9.17, 15) is 9.59 Å². The lowest BCUT2D eigenvalue weighted by molar-refractivity contribution is 0.0990. The van der Waals surface area contributed by atoms with Crippen LogP contribution in [0.25, 0.3) is 22.1 Å². The topological polar surface area (TPSA) is 112 Å². The molecule has 2 aromatic carbocycles. The Bertz CT molecular complexity index is 918. The number of nitrogens with zero attached hydrogens (tertiary/aromatic N) is 2. The molecule has 0 radical (unpaired) electrons. The van der Waals surface area contributed by atoms with E-state index in [0.29, 0.717) is 16.6 Å². The predicted octanol–water partition coefficient (Wildman–Crippen LogP) is 1.29. The van der Waals surface area contributed by atoms with Gasteiger partial charge in [-0.15, -0.1) is 0 Å². The molecule has 0 aliphatic carbocycles. The average Bonchev–Trinajstić information content (AvgIpc) is 2.44. The van der Waals surface area contributed by atoms with Crippen LogP contribution in [0.15, 0.2) is 30.3 Å². The Hall–Kier alpha value is -3.02. The fraction of sp³-hybridized carbons (Fsp3) is 0.0667. The zero-order valence-electron chi connectivity index (χ0n) is 11.3. The van der Waals surface area contributed by atoms with Gasteiger partial charge in [0.05, 0.1) is 22.2 Å². The predicted molar refractivity (Wildman–Crippen MR) is 78.8 cm³/mol. The van der Waals surface area contributed by atoms with Crippen molar-refractivity contribution in [1.29, 1.82) is 0 Å². The molecule has 2 amide bonds. The molecule has 0 saturated carbocycles. The molecule has 6 nitrogen and oxygen atoms in total. The van der Waals surface area contributed by atoms with Gasteiger partial charge in [-0.05, 0) is 30.7 Å². The van der Waals surface area contributed by atoms with Gasteiger partial charge < -0.3 is 11.5 Å². The van der Waals surface area contributed by atoms with Crippen molar-refractivity contribution in [3.8, 4) is 0 Å². The third-order valence-corrected chi connectivity index (χ3v) is 3.35. The number of hydrogen-bond acceptors (Lipinski definition) is 4. The summed E-state index contributed by atoms with van der Waals surface area (Å²) in [5.74, 6) is -1.25. The molecule has 1 heterocycles. The second-order valence-corrected chi connectivity index (χ2v) is 4.75. The molecule has 21 heavy (non-hydrogen) atoms. The highest BCUT2D eigenvalue weighted by molar-refractivity contribution is 6.12. The van der Waals surface area contributed by atoms with E-state index in [2.05, 4.69) is 9.97 Å². The Kier molecular flexibility index (Phi) is 2.79. The Labute approximate surface area is 119 Å². The van der Waals surface area contributed by atoms with Gasteiger partial charge in [0.25, 0.3) is 11.8 Å². The van der Waals surface area contributed by atoms with Crippen LogP contribution in [-0.2, 0) is 0 Å². The maximum absolute atomic E-state index is 11.6. The summed E-state index contributed by atoms with van der Waals surface area (Å²) >= 11 is 0. The van der Waals surface area contributed by atoms with Crippen molar-refractivity contribution < 1.29 is 9.59 Å². The maximum atomic E-state index is 11.6. The van der Waals surface area contributed by atoms with Crippen LogP contribution in [0.4, 0.5) is 0 Å². The van der Waals surface area contributed by atoms with Crippen molar-refractivity contribution in [2.75, 3.05) is 0 Å². The number of benzene rings is 2. The summed E-state index contributed by atoms with van der Waals surface area (Å²) in [6.45, 7) is 1.89. The number of carbonyl (C=O) groups excluding carboxylic acids is 2. The lowest BCUT2D eigenvalue weighted by Gasteiger charge is -2.08. The largest absolute Gasteiger partial charge is 0.366 e. The van der Waals surface area contributed by atoms with Crippen molar-refractivity contribution >= 4 is 33.9 Å². The number of rotatable bonds is 2. The monoisotopic (exact) mass is 280 g/mol. The van der Waals surface area contributed by atoms with Gasteiger partial charge in [0, 0.05) is 0 Å². The summed E-state index contributed by atoms with van der Waals surface area (Å²) in [6, 6.07) is 8.42. The third-order valence-electron chi connectivity index (χ3n) is 3.35. The van der Waals surface area contributed by atoms with Crippen molar-refractivity contribution in [1.82, 2.24) is 9.97 Å². The molecule has 6 heteroatoms. The summed E-state index contributed by atoms with van der Waals surface area (Å²) in [5, 5.41) is 0. The Morgan fingerprint density at radius 2 is 1.43 bits per heavy atom. The zero-order chi connectivity index (χ0) is 15.1. The van der Waals surface area contributed by atoms with Crippen molar-refractivity contribution in [2.45, 2.75) is 6.92 Å². The molecule has 1 aromatic heterocycles. The van der Waals surface area contributed by atoms with Crippen LogP contribution in [0.5, 0.6) is 0 Å². The first-order valence-electron chi connectivity index (χ1n) is 6.28. The normalized spacial score (nSPS) is 10.9. The van der Waals surface area contributed by atoms with E-state index in [0.717, 1.165) is 5.56 Å². The van der Waals surface area contributed by atoms with Crippen molar-refractivity contribution in [3.63, 3.8) is 0 Å². The van der Waals surface area contributed by atoms with E-state index in [1.54, 1.807) is 6.07 Å². The number of primary amides is 2. The molecule has 0 fully saturated rings. The number of fused-ring (bicyclic) bond motifs is 2.